The van der Waals surface area contributed by atoms with E-state index in [1.807, 2.05) is 42.9 Å². The van der Waals surface area contributed by atoms with Gasteiger partial charge < -0.3 is 9.67 Å². The summed E-state index contributed by atoms with van der Waals surface area (Å²) >= 11 is 0. The molecule has 0 bridgehead atoms. The maximum atomic E-state index is 14.2. The van der Waals surface area contributed by atoms with Crippen LogP contribution in [0.1, 0.15) is 30.9 Å². The van der Waals surface area contributed by atoms with Gasteiger partial charge in [-0.1, -0.05) is 48.8 Å². The first-order chi connectivity index (χ1) is 14.9. The molecule has 0 saturated carbocycles. The van der Waals surface area contributed by atoms with Crippen LogP contribution in [0.2, 0.25) is 0 Å². The van der Waals surface area contributed by atoms with E-state index >= 15 is 0 Å². The summed E-state index contributed by atoms with van der Waals surface area (Å²) in [5.74, 6) is -0.135. The molecule has 0 spiro atoms. The molecule has 1 aliphatic carbocycles. The van der Waals surface area contributed by atoms with Crippen LogP contribution in [0.15, 0.2) is 77.2 Å². The highest BCUT2D eigenvalue weighted by Crippen LogP contribution is 2.52. The molecule has 5 rings (SSSR count). The van der Waals surface area contributed by atoms with Crippen molar-refractivity contribution < 1.29 is 9.50 Å². The third kappa shape index (κ3) is 3.05. The molecule has 31 heavy (non-hydrogen) atoms. The molecular formula is C23H22BFN4O2. The van der Waals surface area contributed by atoms with Crippen molar-refractivity contribution in [2.75, 3.05) is 0 Å². The highest BCUT2D eigenvalue weighted by Gasteiger charge is 2.44. The van der Waals surface area contributed by atoms with Gasteiger partial charge >= 0.3 is 0 Å². The minimum atomic E-state index is -0.540. The first-order valence-electron chi connectivity index (χ1n) is 10.3. The van der Waals surface area contributed by atoms with Crippen LogP contribution in [0.25, 0.3) is 11.5 Å². The number of hydrogen-bond donors (Lipinski definition) is 1. The van der Waals surface area contributed by atoms with Gasteiger partial charge in [0.25, 0.3) is 0 Å². The van der Waals surface area contributed by atoms with Crippen molar-refractivity contribution in [2.45, 2.75) is 31.8 Å². The van der Waals surface area contributed by atoms with Crippen molar-refractivity contribution in [1.29, 1.82) is 0 Å². The lowest BCUT2D eigenvalue weighted by Gasteiger charge is -2.44. The molecule has 3 aromatic rings. The average Bonchev–Trinajstić information content (AvgIpc) is 3.23. The third-order valence-corrected chi connectivity index (χ3v) is 6.53. The van der Waals surface area contributed by atoms with Crippen molar-refractivity contribution in [2.24, 2.45) is 5.41 Å². The Labute approximate surface area is 179 Å². The molecule has 3 atom stereocenters. The van der Waals surface area contributed by atoms with Gasteiger partial charge in [-0.25, -0.2) is 9.37 Å². The van der Waals surface area contributed by atoms with E-state index in [1.54, 1.807) is 17.0 Å². The minimum absolute atomic E-state index is 0.100. The summed E-state index contributed by atoms with van der Waals surface area (Å²) in [6, 6.07) is 9.86. The summed E-state index contributed by atoms with van der Waals surface area (Å²) in [5.41, 5.74) is 1.17. The topological polar surface area (TPSA) is 72.9 Å². The second kappa shape index (κ2) is 7.08. The fraction of sp³-hybridized carbons (Fsp3) is 0.261. The predicted octanol–water partition coefficient (Wildman–Crippen LogP) is 2.93. The van der Waals surface area contributed by atoms with E-state index in [2.05, 4.69) is 29.1 Å². The van der Waals surface area contributed by atoms with Crippen molar-refractivity contribution in [3.63, 3.8) is 0 Å². The zero-order valence-electron chi connectivity index (χ0n) is 17.4. The van der Waals surface area contributed by atoms with Gasteiger partial charge in [0.2, 0.25) is 5.43 Å². The molecule has 8 heteroatoms. The molecule has 1 N–H and O–H groups in total. The number of aromatic hydroxyl groups is 1. The monoisotopic (exact) mass is 416 g/mol. The number of halogens is 1. The second-order valence-corrected chi connectivity index (χ2v) is 8.65. The Hall–Kier alpha value is -3.42. The summed E-state index contributed by atoms with van der Waals surface area (Å²) in [5, 5.41) is 15.1. The average molecular weight is 416 g/mol. The van der Waals surface area contributed by atoms with Crippen LogP contribution in [-0.4, -0.2) is 32.3 Å². The summed E-state index contributed by atoms with van der Waals surface area (Å²) in [6.45, 7) is 2.69. The van der Waals surface area contributed by atoms with Crippen molar-refractivity contribution >= 4 is 7.85 Å². The maximum Gasteiger partial charge on any atom is 0.242 e. The Kier molecular flexibility index (Phi) is 4.46. The SMILES string of the molecule is BC1=C(F)C=CC(C)([C@@H](c2ccccc2)[C@H]2Cn3ccnc3-c3c(O)c(=O)cnn32)C1. The molecule has 0 amide bonds. The van der Waals surface area contributed by atoms with Gasteiger partial charge in [0, 0.05) is 24.9 Å². The molecule has 156 valence electrons. The van der Waals surface area contributed by atoms with Gasteiger partial charge in [-0.3, -0.25) is 9.48 Å². The van der Waals surface area contributed by atoms with Crippen molar-refractivity contribution in [1.82, 2.24) is 19.3 Å². The van der Waals surface area contributed by atoms with Crippen LogP contribution in [-0.2, 0) is 6.54 Å². The maximum absolute atomic E-state index is 14.2. The number of fused-ring (bicyclic) bond motifs is 3. The Morgan fingerprint density at radius 3 is 2.84 bits per heavy atom. The molecule has 3 heterocycles. The van der Waals surface area contributed by atoms with Crippen LogP contribution in [0.5, 0.6) is 5.75 Å². The lowest BCUT2D eigenvalue weighted by Crippen LogP contribution is -2.39. The Bertz CT molecular complexity index is 1280. The van der Waals surface area contributed by atoms with E-state index in [9.17, 15) is 14.3 Å². The van der Waals surface area contributed by atoms with E-state index in [1.165, 1.54) is 0 Å². The molecular weight excluding hydrogens is 394 g/mol. The molecule has 2 aromatic heterocycles. The normalized spacial score (nSPS) is 23.4. The quantitative estimate of drug-likeness (QED) is 0.667. The number of rotatable bonds is 3. The largest absolute Gasteiger partial charge is 0.503 e. The molecule has 0 radical (unpaired) electrons. The third-order valence-electron chi connectivity index (χ3n) is 6.53. The summed E-state index contributed by atoms with van der Waals surface area (Å²) < 4.78 is 17.9. The van der Waals surface area contributed by atoms with E-state index in [0.29, 0.717) is 30.0 Å². The highest BCUT2D eigenvalue weighted by atomic mass is 19.1. The second-order valence-electron chi connectivity index (χ2n) is 8.65. The van der Waals surface area contributed by atoms with E-state index in [-0.39, 0.29) is 23.5 Å². The Morgan fingerprint density at radius 1 is 1.32 bits per heavy atom. The van der Waals surface area contributed by atoms with Crippen molar-refractivity contribution in [3.05, 3.63) is 88.2 Å². The fourth-order valence-electron chi connectivity index (χ4n) is 5.15. The number of imidazole rings is 1. The van der Waals surface area contributed by atoms with Crippen LogP contribution in [0, 0.1) is 5.41 Å². The molecule has 1 aliphatic heterocycles. The Balaban J connectivity index is 1.73. The summed E-state index contributed by atoms with van der Waals surface area (Å²) in [6.07, 6.45) is 8.70. The van der Waals surface area contributed by atoms with Crippen LogP contribution in [0.4, 0.5) is 4.39 Å². The number of hydrogen-bond acceptors (Lipinski definition) is 4. The molecule has 0 saturated heterocycles. The van der Waals surface area contributed by atoms with Gasteiger partial charge in [0.05, 0.1) is 12.2 Å². The lowest BCUT2D eigenvalue weighted by molar-refractivity contribution is 0.203. The van der Waals surface area contributed by atoms with E-state index in [0.717, 1.165) is 11.8 Å². The van der Waals surface area contributed by atoms with Gasteiger partial charge in [-0.05, 0) is 23.5 Å². The van der Waals surface area contributed by atoms with Gasteiger partial charge in [-0.15, -0.1) is 0 Å². The molecule has 0 fully saturated rings. The number of aromatic nitrogens is 4. The van der Waals surface area contributed by atoms with Crippen LogP contribution >= 0.6 is 0 Å². The van der Waals surface area contributed by atoms with Gasteiger partial charge in [-0.2, -0.15) is 5.10 Å². The van der Waals surface area contributed by atoms with Crippen LogP contribution in [0.3, 0.4) is 0 Å². The Morgan fingerprint density at radius 2 is 2.10 bits per heavy atom. The molecule has 1 aromatic carbocycles. The van der Waals surface area contributed by atoms with E-state index < -0.39 is 10.8 Å². The minimum Gasteiger partial charge on any atom is -0.503 e. The smallest absolute Gasteiger partial charge is 0.242 e. The van der Waals surface area contributed by atoms with Gasteiger partial charge in [0.15, 0.2) is 11.6 Å². The van der Waals surface area contributed by atoms with Gasteiger partial charge in [0.1, 0.15) is 19.4 Å². The zero-order valence-corrected chi connectivity index (χ0v) is 17.4. The summed E-state index contributed by atoms with van der Waals surface area (Å²) in [7, 11) is 1.82. The standard InChI is InChI=1S/C23H22BFN4O2/c1-23(8-7-16(25)15(24)11-23)19(14-5-3-2-4-6-14)17-13-28-10-9-26-22(28)20-21(31)18(30)12-27-29(17)20/h2-10,12,17,19,31H,11,13,24H2,1H3/t17-,19+,23?/m1/s1. The van der Waals surface area contributed by atoms with Crippen molar-refractivity contribution in [3.8, 4) is 17.3 Å². The molecule has 6 nitrogen and oxygen atoms in total. The fourth-order valence-corrected chi connectivity index (χ4v) is 5.15. The first kappa shape index (κ1) is 19.5. The molecule has 1 unspecified atom stereocenters. The first-order valence-corrected chi connectivity index (χ1v) is 10.3. The van der Waals surface area contributed by atoms with E-state index in [4.69, 9.17) is 0 Å². The lowest BCUT2D eigenvalue weighted by atomic mass is 9.62. The number of nitrogens with zero attached hydrogens (tertiary/aromatic N) is 4. The predicted molar refractivity (Wildman–Crippen MR) is 118 cm³/mol. The van der Waals surface area contributed by atoms with Crippen LogP contribution < -0.4 is 5.43 Å². The number of benzene rings is 1. The zero-order chi connectivity index (χ0) is 21.8. The highest BCUT2D eigenvalue weighted by molar-refractivity contribution is 6.22. The number of allylic oxidation sites excluding steroid dienone is 4. The molecule has 2 aliphatic rings. The summed E-state index contributed by atoms with van der Waals surface area (Å²) in [4.78, 5) is 16.5.